The van der Waals surface area contributed by atoms with Crippen molar-refractivity contribution in [3.8, 4) is 0 Å². The number of hydrogen-bond donors (Lipinski definition) is 0. The predicted molar refractivity (Wildman–Crippen MR) is 101 cm³/mol. The fourth-order valence-electron chi connectivity index (χ4n) is 2.40. The van der Waals surface area contributed by atoms with E-state index in [4.69, 9.17) is 13.6 Å². The third-order valence-corrected chi connectivity index (χ3v) is 5.34. The molecule has 0 spiro atoms. The summed E-state index contributed by atoms with van der Waals surface area (Å²) in [6.07, 6.45) is 0. The fourth-order valence-corrected chi connectivity index (χ4v) is 3.52. The summed E-state index contributed by atoms with van der Waals surface area (Å²) in [6, 6.07) is 17.3. The van der Waals surface area contributed by atoms with Crippen LogP contribution in [0.3, 0.4) is 0 Å². The van der Waals surface area contributed by atoms with Crippen LogP contribution in [-0.4, -0.2) is 0 Å². The van der Waals surface area contributed by atoms with Gasteiger partial charge in [-0.25, -0.2) is 17.7 Å². The third kappa shape index (κ3) is 6.02. The van der Waals surface area contributed by atoms with Crippen molar-refractivity contribution in [2.24, 2.45) is 0 Å². The van der Waals surface area contributed by atoms with E-state index in [2.05, 4.69) is 0 Å². The van der Waals surface area contributed by atoms with Gasteiger partial charge < -0.3 is 0 Å². The zero-order chi connectivity index (χ0) is 20.7. The van der Waals surface area contributed by atoms with Gasteiger partial charge in [-0.15, -0.1) is 0 Å². The molecule has 0 N–H and O–H groups in total. The maximum absolute atomic E-state index is 13.8. The molecule has 29 heavy (non-hydrogen) atoms. The lowest BCUT2D eigenvalue weighted by Crippen LogP contribution is -2.04. The van der Waals surface area contributed by atoms with Gasteiger partial charge in [0.05, 0.1) is 19.8 Å². The summed E-state index contributed by atoms with van der Waals surface area (Å²) in [4.78, 5) is 0. The number of hydrogen-bond acceptors (Lipinski definition) is 4. The zero-order valence-electron chi connectivity index (χ0n) is 15.3. The molecule has 0 aliphatic heterocycles. The van der Waals surface area contributed by atoms with Gasteiger partial charge in [0.1, 0.15) is 17.5 Å². The molecule has 0 aliphatic carbocycles. The summed E-state index contributed by atoms with van der Waals surface area (Å²) in [5.41, 5.74) is 0.408. The van der Waals surface area contributed by atoms with E-state index in [0.29, 0.717) is 0 Å². The van der Waals surface area contributed by atoms with Gasteiger partial charge in [-0.1, -0.05) is 54.6 Å². The Hall–Kier alpha value is -2.44. The van der Waals surface area contributed by atoms with Crippen molar-refractivity contribution in [1.29, 1.82) is 0 Å². The highest BCUT2D eigenvalue weighted by Crippen LogP contribution is 2.51. The molecule has 0 amide bonds. The van der Waals surface area contributed by atoms with Gasteiger partial charge in [0.2, 0.25) is 0 Å². The van der Waals surface area contributed by atoms with Gasteiger partial charge in [-0.3, -0.25) is 13.6 Å². The SMILES string of the molecule is O=P(OCc1ccccc1F)(OCc1ccccc1F)OCc1ccccc1F. The van der Waals surface area contributed by atoms with Crippen LogP contribution >= 0.6 is 7.82 Å². The van der Waals surface area contributed by atoms with E-state index >= 15 is 0 Å². The summed E-state index contributed by atoms with van der Waals surface area (Å²) in [5, 5.41) is 0. The van der Waals surface area contributed by atoms with Crippen molar-refractivity contribution in [2.75, 3.05) is 0 Å². The standard InChI is InChI=1S/C21H18F3O4P/c22-19-10-4-1-7-16(19)13-26-29(25,27-14-17-8-2-5-11-20(17)23)28-15-18-9-3-6-12-21(18)24/h1-12H,13-15H2. The van der Waals surface area contributed by atoms with Crippen molar-refractivity contribution < 1.29 is 31.3 Å². The number of rotatable bonds is 9. The molecule has 3 rings (SSSR count). The molecule has 0 heterocycles. The molecule has 152 valence electrons. The van der Waals surface area contributed by atoms with E-state index in [1.165, 1.54) is 54.6 Å². The summed E-state index contributed by atoms with van der Waals surface area (Å²) in [7, 11) is -4.28. The minimum absolute atomic E-state index is 0.136. The van der Waals surface area contributed by atoms with Crippen LogP contribution in [0.2, 0.25) is 0 Å². The molecule has 3 aromatic carbocycles. The van der Waals surface area contributed by atoms with Crippen LogP contribution in [0.15, 0.2) is 72.8 Å². The van der Waals surface area contributed by atoms with E-state index in [9.17, 15) is 17.7 Å². The van der Waals surface area contributed by atoms with Crippen LogP contribution in [0.1, 0.15) is 16.7 Å². The van der Waals surface area contributed by atoms with Crippen LogP contribution in [-0.2, 0) is 38.0 Å². The molecular formula is C21H18F3O4P. The summed E-state index contributed by atoms with van der Waals surface area (Å²) in [5.74, 6) is -1.66. The smallest absolute Gasteiger partial charge is 0.282 e. The third-order valence-electron chi connectivity index (χ3n) is 4.01. The van der Waals surface area contributed by atoms with Crippen molar-refractivity contribution in [3.63, 3.8) is 0 Å². The largest absolute Gasteiger partial charge is 0.475 e. The number of halogens is 3. The molecule has 0 fully saturated rings. The van der Waals surface area contributed by atoms with E-state index in [1.54, 1.807) is 18.2 Å². The van der Waals surface area contributed by atoms with Crippen molar-refractivity contribution in [1.82, 2.24) is 0 Å². The molecule has 3 aromatic rings. The lowest BCUT2D eigenvalue weighted by Gasteiger charge is -2.19. The quantitative estimate of drug-likeness (QED) is 0.387. The van der Waals surface area contributed by atoms with E-state index in [-0.39, 0.29) is 16.7 Å². The van der Waals surface area contributed by atoms with Crippen molar-refractivity contribution in [2.45, 2.75) is 19.8 Å². The molecule has 0 atom stereocenters. The summed E-state index contributed by atoms with van der Waals surface area (Å²) in [6.45, 7) is -1.21. The number of phosphoric ester groups is 1. The first-order chi connectivity index (χ1) is 14.0. The van der Waals surface area contributed by atoms with Gasteiger partial charge >= 0.3 is 7.82 Å². The maximum Gasteiger partial charge on any atom is 0.475 e. The second-order valence-corrected chi connectivity index (χ2v) is 7.71. The van der Waals surface area contributed by atoms with Gasteiger partial charge in [0.25, 0.3) is 0 Å². The molecular weight excluding hydrogens is 404 g/mol. The Labute approximate surface area is 166 Å². The molecule has 4 nitrogen and oxygen atoms in total. The van der Waals surface area contributed by atoms with Crippen LogP contribution in [0.5, 0.6) is 0 Å². The van der Waals surface area contributed by atoms with Gasteiger partial charge in [0, 0.05) is 16.7 Å². The fraction of sp³-hybridized carbons (Fsp3) is 0.143. The Balaban J connectivity index is 1.74. The van der Waals surface area contributed by atoms with E-state index in [1.807, 2.05) is 0 Å². The highest BCUT2D eigenvalue weighted by Gasteiger charge is 2.28. The van der Waals surface area contributed by atoms with E-state index < -0.39 is 45.1 Å². The molecule has 0 saturated carbocycles. The Morgan fingerprint density at radius 3 is 1.10 bits per heavy atom. The minimum Gasteiger partial charge on any atom is -0.282 e. The van der Waals surface area contributed by atoms with Crippen molar-refractivity contribution >= 4 is 7.82 Å². The summed E-state index contributed by atoms with van der Waals surface area (Å²) < 4.78 is 70.2. The Morgan fingerprint density at radius 1 is 0.552 bits per heavy atom. The summed E-state index contributed by atoms with van der Waals surface area (Å²) >= 11 is 0. The predicted octanol–water partition coefficient (Wildman–Crippen LogP) is 6.16. The van der Waals surface area contributed by atoms with E-state index in [0.717, 1.165) is 0 Å². The first-order valence-electron chi connectivity index (χ1n) is 8.71. The first kappa shape index (κ1) is 21.3. The normalized spacial score (nSPS) is 11.6. The topological polar surface area (TPSA) is 44.8 Å². The Morgan fingerprint density at radius 2 is 0.828 bits per heavy atom. The van der Waals surface area contributed by atoms with Crippen LogP contribution in [0, 0.1) is 17.5 Å². The molecule has 8 heteroatoms. The molecule has 0 aromatic heterocycles. The zero-order valence-corrected chi connectivity index (χ0v) is 16.2. The van der Waals surface area contributed by atoms with Gasteiger partial charge in [-0.2, -0.15) is 0 Å². The molecule has 0 radical (unpaired) electrons. The highest BCUT2D eigenvalue weighted by molar-refractivity contribution is 7.48. The Bertz CT molecular complexity index is 885. The maximum atomic E-state index is 13.8. The molecule has 0 aliphatic rings. The molecule has 0 saturated heterocycles. The second kappa shape index (κ2) is 9.85. The minimum atomic E-state index is -4.28. The monoisotopic (exact) mass is 422 g/mol. The second-order valence-electron chi connectivity index (χ2n) is 6.04. The average molecular weight is 422 g/mol. The average Bonchev–Trinajstić information content (AvgIpc) is 2.72. The van der Waals surface area contributed by atoms with Gasteiger partial charge in [-0.05, 0) is 18.2 Å². The van der Waals surface area contributed by atoms with Crippen LogP contribution in [0.25, 0.3) is 0 Å². The first-order valence-corrected chi connectivity index (χ1v) is 10.2. The van der Waals surface area contributed by atoms with Gasteiger partial charge in [0.15, 0.2) is 0 Å². The van der Waals surface area contributed by atoms with Crippen LogP contribution < -0.4 is 0 Å². The lowest BCUT2D eigenvalue weighted by atomic mass is 10.2. The molecule has 0 bridgehead atoms. The number of benzene rings is 3. The van der Waals surface area contributed by atoms with Crippen molar-refractivity contribution in [3.05, 3.63) is 107 Å². The highest BCUT2D eigenvalue weighted by atomic mass is 31.2. The lowest BCUT2D eigenvalue weighted by molar-refractivity contribution is 0.0957. The number of phosphoric acid groups is 1. The van der Waals surface area contributed by atoms with Crippen LogP contribution in [0.4, 0.5) is 13.2 Å². The Kier molecular flexibility index (Phi) is 7.23. The molecule has 0 unspecified atom stereocenters.